The van der Waals surface area contributed by atoms with E-state index >= 15 is 0 Å². The van der Waals surface area contributed by atoms with E-state index in [-0.39, 0.29) is 34.3 Å². The molecular formula is C12H10N6O2. The van der Waals surface area contributed by atoms with Gasteiger partial charge < -0.3 is 11.5 Å². The molecule has 0 aliphatic heterocycles. The second-order valence-electron chi connectivity index (χ2n) is 4.03. The van der Waals surface area contributed by atoms with Crippen LogP contribution in [0.3, 0.4) is 0 Å². The summed E-state index contributed by atoms with van der Waals surface area (Å²) in [5.41, 5.74) is 11.6. The van der Waals surface area contributed by atoms with Crippen molar-refractivity contribution < 1.29 is 4.92 Å². The van der Waals surface area contributed by atoms with Gasteiger partial charge in [0.15, 0.2) is 0 Å². The van der Waals surface area contributed by atoms with Gasteiger partial charge >= 0.3 is 0 Å². The molecule has 0 radical (unpaired) electrons. The Labute approximate surface area is 113 Å². The fourth-order valence-electron chi connectivity index (χ4n) is 1.89. The van der Waals surface area contributed by atoms with E-state index in [2.05, 4.69) is 9.97 Å². The van der Waals surface area contributed by atoms with Crippen molar-refractivity contribution in [3.05, 3.63) is 39.4 Å². The molecule has 1 aromatic heterocycles. The van der Waals surface area contributed by atoms with Gasteiger partial charge in [-0.1, -0.05) is 12.1 Å². The molecule has 2 aromatic rings. The molecule has 2 rings (SSSR count). The maximum absolute atomic E-state index is 11.2. The van der Waals surface area contributed by atoms with Crippen LogP contribution in [-0.4, -0.2) is 14.9 Å². The average Bonchev–Trinajstić information content (AvgIpc) is 2.37. The van der Waals surface area contributed by atoms with Crippen molar-refractivity contribution >= 4 is 17.5 Å². The van der Waals surface area contributed by atoms with Crippen molar-refractivity contribution in [1.82, 2.24) is 9.97 Å². The second-order valence-corrected chi connectivity index (χ2v) is 4.03. The van der Waals surface area contributed by atoms with Crippen LogP contribution < -0.4 is 11.5 Å². The second kappa shape index (κ2) is 4.81. The number of nitro groups is 1. The number of nitro benzene ring substituents is 1. The molecule has 0 spiro atoms. The number of hydrogen-bond acceptors (Lipinski definition) is 7. The zero-order chi connectivity index (χ0) is 14.9. The third-order valence-electron chi connectivity index (χ3n) is 2.74. The van der Waals surface area contributed by atoms with E-state index in [1.54, 1.807) is 19.1 Å². The maximum Gasteiger partial charge on any atom is 0.281 e. The largest absolute Gasteiger partial charge is 0.382 e. The van der Waals surface area contributed by atoms with Gasteiger partial charge in [0, 0.05) is 5.56 Å². The van der Waals surface area contributed by atoms with E-state index in [4.69, 9.17) is 16.7 Å². The molecule has 1 heterocycles. The Balaban J connectivity index is 2.86. The smallest absolute Gasteiger partial charge is 0.281 e. The van der Waals surface area contributed by atoms with Gasteiger partial charge in [0.2, 0.25) is 5.95 Å². The van der Waals surface area contributed by atoms with Crippen LogP contribution in [0.2, 0.25) is 0 Å². The number of hydrogen-bond donors (Lipinski definition) is 2. The predicted molar refractivity (Wildman–Crippen MR) is 72.4 cm³/mol. The summed E-state index contributed by atoms with van der Waals surface area (Å²) in [5.74, 6) is -0.252. The average molecular weight is 270 g/mol. The molecule has 0 aliphatic carbocycles. The van der Waals surface area contributed by atoms with E-state index in [1.165, 1.54) is 6.07 Å². The highest BCUT2D eigenvalue weighted by atomic mass is 16.6. The van der Waals surface area contributed by atoms with Gasteiger partial charge in [0.1, 0.15) is 23.1 Å². The summed E-state index contributed by atoms with van der Waals surface area (Å²) in [6, 6.07) is 6.57. The molecule has 8 heteroatoms. The third kappa shape index (κ3) is 2.08. The Morgan fingerprint density at radius 3 is 2.65 bits per heavy atom. The Kier molecular flexibility index (Phi) is 3.18. The van der Waals surface area contributed by atoms with Crippen LogP contribution in [0, 0.1) is 28.4 Å². The van der Waals surface area contributed by atoms with Gasteiger partial charge in [-0.05, 0) is 13.0 Å². The lowest BCUT2D eigenvalue weighted by Gasteiger charge is -2.08. The minimum Gasteiger partial charge on any atom is -0.382 e. The van der Waals surface area contributed by atoms with Gasteiger partial charge in [0.25, 0.3) is 5.69 Å². The summed E-state index contributed by atoms with van der Waals surface area (Å²) in [6.45, 7) is 1.60. The summed E-state index contributed by atoms with van der Waals surface area (Å²) in [6.07, 6.45) is 0. The molecule has 4 N–H and O–H groups in total. The molecule has 0 atom stereocenters. The van der Waals surface area contributed by atoms with E-state index < -0.39 is 4.92 Å². The number of aromatic nitrogens is 2. The lowest BCUT2D eigenvalue weighted by atomic mass is 10.0. The highest BCUT2D eigenvalue weighted by molar-refractivity contribution is 5.80. The van der Waals surface area contributed by atoms with Gasteiger partial charge in [-0.3, -0.25) is 10.1 Å². The van der Waals surface area contributed by atoms with Crippen molar-refractivity contribution in [2.75, 3.05) is 11.5 Å². The van der Waals surface area contributed by atoms with Gasteiger partial charge in [-0.2, -0.15) is 10.2 Å². The van der Waals surface area contributed by atoms with Crippen LogP contribution in [0.5, 0.6) is 0 Å². The van der Waals surface area contributed by atoms with E-state index in [9.17, 15) is 10.1 Å². The molecule has 0 fully saturated rings. The topological polar surface area (TPSA) is 145 Å². The molecule has 8 nitrogen and oxygen atoms in total. The molecule has 0 bridgehead atoms. The van der Waals surface area contributed by atoms with Crippen LogP contribution >= 0.6 is 0 Å². The van der Waals surface area contributed by atoms with E-state index in [1.807, 2.05) is 6.07 Å². The van der Waals surface area contributed by atoms with Crippen molar-refractivity contribution in [1.29, 1.82) is 5.26 Å². The first-order chi connectivity index (χ1) is 9.45. The van der Waals surface area contributed by atoms with Crippen LogP contribution in [0.15, 0.2) is 18.2 Å². The Morgan fingerprint density at radius 1 is 1.35 bits per heavy atom. The van der Waals surface area contributed by atoms with Crippen molar-refractivity contribution in [3.8, 4) is 17.3 Å². The first kappa shape index (κ1) is 13.2. The van der Waals surface area contributed by atoms with Crippen LogP contribution in [-0.2, 0) is 0 Å². The third-order valence-corrected chi connectivity index (χ3v) is 2.74. The molecule has 1 aromatic carbocycles. The highest BCUT2D eigenvalue weighted by Crippen LogP contribution is 2.34. The number of anilines is 2. The summed E-state index contributed by atoms with van der Waals surface area (Å²) >= 11 is 0. The monoisotopic (exact) mass is 270 g/mol. The summed E-state index contributed by atoms with van der Waals surface area (Å²) in [5, 5.41) is 20.3. The van der Waals surface area contributed by atoms with Crippen LogP contribution in [0.4, 0.5) is 17.5 Å². The number of nitrogens with two attached hydrogens (primary N) is 2. The lowest BCUT2D eigenvalue weighted by molar-refractivity contribution is -0.384. The normalized spacial score (nSPS) is 10.0. The Morgan fingerprint density at radius 2 is 2.05 bits per heavy atom. The number of nitrogen functional groups attached to an aromatic ring is 2. The Bertz CT molecular complexity index is 750. The van der Waals surface area contributed by atoms with Crippen molar-refractivity contribution in [2.45, 2.75) is 6.92 Å². The number of rotatable bonds is 2. The number of aryl methyl sites for hydroxylation is 1. The fourth-order valence-corrected chi connectivity index (χ4v) is 1.89. The van der Waals surface area contributed by atoms with Crippen LogP contribution in [0.1, 0.15) is 11.1 Å². The first-order valence-corrected chi connectivity index (χ1v) is 5.53. The van der Waals surface area contributed by atoms with E-state index in [0.29, 0.717) is 5.56 Å². The summed E-state index contributed by atoms with van der Waals surface area (Å²) in [7, 11) is 0. The highest BCUT2D eigenvalue weighted by Gasteiger charge is 2.23. The standard InChI is InChI=1S/C12H10N6O2/c1-6-3-2-4-7(10(6)18(19)20)9-8(5-13)11(14)17-12(15)16-9/h2-4H,1H3,(H4,14,15,16,17). The van der Waals surface area contributed by atoms with Crippen molar-refractivity contribution in [3.63, 3.8) is 0 Å². The maximum atomic E-state index is 11.2. The first-order valence-electron chi connectivity index (χ1n) is 5.53. The lowest BCUT2D eigenvalue weighted by Crippen LogP contribution is -2.06. The minimum atomic E-state index is -0.527. The number of nitriles is 1. The molecule has 0 saturated carbocycles. The zero-order valence-electron chi connectivity index (χ0n) is 10.5. The zero-order valence-corrected chi connectivity index (χ0v) is 10.5. The number of nitrogens with zero attached hydrogens (tertiary/aromatic N) is 4. The van der Waals surface area contributed by atoms with Gasteiger partial charge in [0.05, 0.1) is 10.5 Å². The van der Waals surface area contributed by atoms with E-state index in [0.717, 1.165) is 0 Å². The summed E-state index contributed by atoms with van der Waals surface area (Å²) < 4.78 is 0. The Hall–Kier alpha value is -3.21. The predicted octanol–water partition coefficient (Wildman–Crippen LogP) is 1.40. The van der Waals surface area contributed by atoms with Crippen molar-refractivity contribution in [2.24, 2.45) is 0 Å². The van der Waals surface area contributed by atoms with Gasteiger partial charge in [-0.25, -0.2) is 4.98 Å². The fraction of sp³-hybridized carbons (Fsp3) is 0.0833. The molecule has 100 valence electrons. The molecule has 0 unspecified atom stereocenters. The molecule has 0 saturated heterocycles. The molecule has 0 amide bonds. The number of benzene rings is 1. The molecular weight excluding hydrogens is 260 g/mol. The van der Waals surface area contributed by atoms with Crippen LogP contribution in [0.25, 0.3) is 11.3 Å². The van der Waals surface area contributed by atoms with Gasteiger partial charge in [-0.15, -0.1) is 0 Å². The summed E-state index contributed by atoms with van der Waals surface area (Å²) in [4.78, 5) is 18.3. The SMILES string of the molecule is Cc1cccc(-c2nc(N)nc(N)c2C#N)c1[N+](=O)[O-]. The molecule has 20 heavy (non-hydrogen) atoms. The number of para-hydroxylation sites is 1. The quantitative estimate of drug-likeness (QED) is 0.619. The minimum absolute atomic E-state index is 0.0344. The molecule has 0 aliphatic rings.